The minimum atomic E-state index is -0.288. The van der Waals surface area contributed by atoms with E-state index in [1.54, 1.807) is 17.0 Å². The summed E-state index contributed by atoms with van der Waals surface area (Å²) in [5.41, 5.74) is 2.02. The first-order valence-electron chi connectivity index (χ1n) is 8.66. The molecular formula is C18H21FN4O2. The predicted molar refractivity (Wildman–Crippen MR) is 89.8 cm³/mol. The van der Waals surface area contributed by atoms with E-state index < -0.39 is 0 Å². The van der Waals surface area contributed by atoms with Gasteiger partial charge in [-0.2, -0.15) is 5.10 Å². The van der Waals surface area contributed by atoms with Crippen molar-refractivity contribution in [3.8, 4) is 5.75 Å². The van der Waals surface area contributed by atoms with Gasteiger partial charge in [0.1, 0.15) is 17.7 Å². The van der Waals surface area contributed by atoms with Crippen molar-refractivity contribution < 1.29 is 13.9 Å². The van der Waals surface area contributed by atoms with Crippen molar-refractivity contribution in [1.82, 2.24) is 20.4 Å². The van der Waals surface area contributed by atoms with Crippen molar-refractivity contribution in [2.45, 2.75) is 37.8 Å². The summed E-state index contributed by atoms with van der Waals surface area (Å²) in [6.45, 7) is 1.62. The van der Waals surface area contributed by atoms with E-state index >= 15 is 0 Å². The van der Waals surface area contributed by atoms with Crippen LogP contribution < -0.4 is 10.1 Å². The van der Waals surface area contributed by atoms with E-state index in [1.165, 1.54) is 25.0 Å². The van der Waals surface area contributed by atoms with Crippen LogP contribution in [0.5, 0.6) is 5.75 Å². The van der Waals surface area contributed by atoms with Crippen molar-refractivity contribution in [3.63, 3.8) is 0 Å². The first-order chi connectivity index (χ1) is 12.2. The minimum Gasteiger partial charge on any atom is -0.489 e. The second-order valence-corrected chi connectivity index (χ2v) is 6.68. The summed E-state index contributed by atoms with van der Waals surface area (Å²) < 4.78 is 18.7. The number of hydrogen-bond acceptors (Lipinski definition) is 3. The molecule has 0 radical (unpaired) electrons. The average Bonchev–Trinajstić information content (AvgIpc) is 3.17. The Kier molecular flexibility index (Phi) is 4.29. The van der Waals surface area contributed by atoms with Gasteiger partial charge in [-0.25, -0.2) is 9.18 Å². The number of rotatable bonds is 5. The summed E-state index contributed by atoms with van der Waals surface area (Å²) in [6, 6.07) is 7.88. The number of nitrogens with one attached hydrogen (secondary N) is 2. The number of hydrogen-bond donors (Lipinski definition) is 2. The first-order valence-corrected chi connectivity index (χ1v) is 8.66. The number of ether oxygens (including phenoxy) is 1. The summed E-state index contributed by atoms with van der Waals surface area (Å²) in [7, 11) is 0. The maximum atomic E-state index is 12.9. The summed E-state index contributed by atoms with van der Waals surface area (Å²) in [5, 5.41) is 10.2. The van der Waals surface area contributed by atoms with Gasteiger partial charge in [-0.1, -0.05) is 0 Å². The number of urea groups is 1. The van der Waals surface area contributed by atoms with Crippen LogP contribution in [0.4, 0.5) is 9.18 Å². The normalized spacial score (nSPS) is 19.9. The third kappa shape index (κ3) is 3.92. The molecule has 1 saturated heterocycles. The lowest BCUT2D eigenvalue weighted by Crippen LogP contribution is -2.39. The van der Waals surface area contributed by atoms with E-state index in [-0.39, 0.29) is 18.0 Å². The van der Waals surface area contributed by atoms with Gasteiger partial charge in [0.15, 0.2) is 0 Å². The highest BCUT2D eigenvalue weighted by molar-refractivity contribution is 5.74. The summed E-state index contributed by atoms with van der Waals surface area (Å²) in [5.74, 6) is 0.936. The van der Waals surface area contributed by atoms with E-state index in [1.807, 2.05) is 6.07 Å². The van der Waals surface area contributed by atoms with Gasteiger partial charge in [0.2, 0.25) is 0 Å². The molecule has 0 unspecified atom stereocenters. The Labute approximate surface area is 145 Å². The molecule has 1 saturated carbocycles. The first kappa shape index (κ1) is 15.9. The fraction of sp³-hybridized carbons (Fsp3) is 0.444. The number of halogens is 1. The van der Waals surface area contributed by atoms with Crippen LogP contribution in [-0.4, -0.2) is 40.3 Å². The Morgan fingerprint density at radius 3 is 2.88 bits per heavy atom. The Morgan fingerprint density at radius 2 is 2.12 bits per heavy atom. The molecule has 2 fully saturated rings. The van der Waals surface area contributed by atoms with E-state index in [9.17, 15) is 9.18 Å². The molecule has 2 aromatic rings. The summed E-state index contributed by atoms with van der Waals surface area (Å²) in [6.07, 6.45) is 3.12. The highest BCUT2D eigenvalue weighted by atomic mass is 19.1. The van der Waals surface area contributed by atoms with Gasteiger partial charge in [-0.05, 0) is 43.2 Å². The van der Waals surface area contributed by atoms with Crippen LogP contribution in [0.3, 0.4) is 0 Å². The zero-order valence-corrected chi connectivity index (χ0v) is 13.9. The number of aromatic nitrogens is 2. The second-order valence-electron chi connectivity index (χ2n) is 6.68. The molecule has 2 N–H and O–H groups in total. The lowest BCUT2D eigenvalue weighted by Gasteiger charge is -2.17. The molecule has 7 heteroatoms. The predicted octanol–water partition coefficient (Wildman–Crippen LogP) is 2.79. The maximum Gasteiger partial charge on any atom is 0.317 e. The third-order valence-corrected chi connectivity index (χ3v) is 4.63. The number of amides is 2. The van der Waals surface area contributed by atoms with Crippen molar-refractivity contribution in [3.05, 3.63) is 47.5 Å². The molecule has 1 aliphatic heterocycles. The number of carbonyl (C=O) groups excluding carboxylic acids is 1. The average molecular weight is 344 g/mol. The topological polar surface area (TPSA) is 70.2 Å². The standard InChI is InChI=1S/C18H21FN4O2/c19-13-3-5-15(6-4-13)25-16-7-8-23(11-16)18(24)20-10-14-9-17(22-21-14)12-1-2-12/h3-6,9,12,16H,1-2,7-8,10-11H2,(H,20,24)(H,21,22)/t16-/m0/s1. The number of benzene rings is 1. The minimum absolute atomic E-state index is 0.0650. The SMILES string of the molecule is O=C(NCc1cc(C2CC2)n[nH]1)N1CC[C@H](Oc2ccc(F)cc2)C1. The molecule has 1 aromatic heterocycles. The molecule has 132 valence electrons. The molecular weight excluding hydrogens is 323 g/mol. The van der Waals surface area contributed by atoms with Crippen molar-refractivity contribution in [1.29, 1.82) is 0 Å². The van der Waals surface area contributed by atoms with Gasteiger partial charge in [0, 0.05) is 18.9 Å². The summed E-state index contributed by atoms with van der Waals surface area (Å²) >= 11 is 0. The molecule has 1 aromatic carbocycles. The van der Waals surface area contributed by atoms with Gasteiger partial charge < -0.3 is 15.0 Å². The molecule has 0 spiro atoms. The molecule has 2 aliphatic rings. The van der Waals surface area contributed by atoms with Crippen LogP contribution >= 0.6 is 0 Å². The zero-order valence-electron chi connectivity index (χ0n) is 13.9. The molecule has 6 nitrogen and oxygen atoms in total. The van der Waals surface area contributed by atoms with Crippen molar-refractivity contribution >= 4 is 6.03 Å². The third-order valence-electron chi connectivity index (χ3n) is 4.63. The van der Waals surface area contributed by atoms with Crippen molar-refractivity contribution in [2.75, 3.05) is 13.1 Å². The van der Waals surface area contributed by atoms with Gasteiger partial charge >= 0.3 is 6.03 Å². The van der Waals surface area contributed by atoms with Gasteiger partial charge in [-0.3, -0.25) is 5.10 Å². The lowest BCUT2D eigenvalue weighted by atomic mass is 10.3. The van der Waals surface area contributed by atoms with Gasteiger partial charge in [-0.15, -0.1) is 0 Å². The quantitative estimate of drug-likeness (QED) is 0.876. The molecule has 2 amide bonds. The van der Waals surface area contributed by atoms with Crippen LogP contribution in [0.1, 0.15) is 36.6 Å². The summed E-state index contributed by atoms with van der Waals surface area (Å²) in [4.78, 5) is 14.0. The highest BCUT2D eigenvalue weighted by Crippen LogP contribution is 2.38. The fourth-order valence-corrected chi connectivity index (χ4v) is 3.06. The number of aromatic amines is 1. The number of nitrogens with zero attached hydrogens (tertiary/aromatic N) is 2. The zero-order chi connectivity index (χ0) is 17.2. The largest absolute Gasteiger partial charge is 0.489 e. The highest BCUT2D eigenvalue weighted by Gasteiger charge is 2.28. The molecule has 4 rings (SSSR count). The fourth-order valence-electron chi connectivity index (χ4n) is 3.06. The van der Waals surface area contributed by atoms with E-state index in [0.717, 1.165) is 17.8 Å². The van der Waals surface area contributed by atoms with Gasteiger partial charge in [0.05, 0.1) is 24.5 Å². The van der Waals surface area contributed by atoms with E-state index in [4.69, 9.17) is 4.74 Å². The Balaban J connectivity index is 1.24. The van der Waals surface area contributed by atoms with E-state index in [0.29, 0.717) is 31.3 Å². The van der Waals surface area contributed by atoms with E-state index in [2.05, 4.69) is 15.5 Å². The molecule has 1 atom stereocenters. The van der Waals surface area contributed by atoms with Gasteiger partial charge in [0.25, 0.3) is 0 Å². The second kappa shape index (κ2) is 6.74. The molecule has 0 bridgehead atoms. The van der Waals surface area contributed by atoms with Crippen LogP contribution in [0.2, 0.25) is 0 Å². The number of H-pyrrole nitrogens is 1. The maximum absolute atomic E-state index is 12.9. The Morgan fingerprint density at radius 1 is 1.32 bits per heavy atom. The molecule has 25 heavy (non-hydrogen) atoms. The lowest BCUT2D eigenvalue weighted by molar-refractivity contribution is 0.186. The van der Waals surface area contributed by atoms with Crippen LogP contribution in [0, 0.1) is 5.82 Å². The number of carbonyl (C=O) groups is 1. The van der Waals surface area contributed by atoms with Crippen LogP contribution in [0.25, 0.3) is 0 Å². The monoisotopic (exact) mass is 344 g/mol. The Hall–Kier alpha value is -2.57. The molecule has 2 heterocycles. The molecule has 1 aliphatic carbocycles. The smallest absolute Gasteiger partial charge is 0.317 e. The Bertz CT molecular complexity index is 742. The number of likely N-dealkylation sites (tertiary alicyclic amines) is 1. The van der Waals surface area contributed by atoms with Crippen molar-refractivity contribution in [2.24, 2.45) is 0 Å². The van der Waals surface area contributed by atoms with Crippen LogP contribution in [-0.2, 0) is 6.54 Å². The van der Waals surface area contributed by atoms with Crippen LogP contribution in [0.15, 0.2) is 30.3 Å².